The van der Waals surface area contributed by atoms with Gasteiger partial charge >= 0.3 is 0 Å². The van der Waals surface area contributed by atoms with Crippen LogP contribution in [-0.4, -0.2) is 0 Å². The predicted molar refractivity (Wildman–Crippen MR) is 85.7 cm³/mol. The van der Waals surface area contributed by atoms with Crippen molar-refractivity contribution in [2.24, 2.45) is 5.92 Å². The smallest absolute Gasteiger partial charge is 0.0670 e. The van der Waals surface area contributed by atoms with Crippen molar-refractivity contribution in [2.75, 3.05) is 11.1 Å². The second kappa shape index (κ2) is 6.44. The van der Waals surface area contributed by atoms with E-state index in [1.165, 1.54) is 4.88 Å². The molecule has 0 fully saturated rings. The van der Waals surface area contributed by atoms with E-state index >= 15 is 0 Å². The lowest BCUT2D eigenvalue weighted by atomic mass is 10.0. The third-order valence-electron chi connectivity index (χ3n) is 3.25. The van der Waals surface area contributed by atoms with Crippen LogP contribution in [0.2, 0.25) is 0 Å². The van der Waals surface area contributed by atoms with Gasteiger partial charge in [-0.3, -0.25) is 0 Å². The summed E-state index contributed by atoms with van der Waals surface area (Å²) in [6, 6.07) is 12.4. The summed E-state index contributed by atoms with van der Waals surface area (Å²) in [5.74, 6) is 0.477. The number of hydrogen-bond acceptors (Lipinski definition) is 4. The first-order valence-electron chi connectivity index (χ1n) is 6.67. The number of benzene rings is 1. The maximum atomic E-state index is 8.83. The molecule has 1 heterocycles. The molecule has 1 unspecified atom stereocenters. The number of nitrogens with zero attached hydrogens (tertiary/aromatic N) is 1. The van der Waals surface area contributed by atoms with Gasteiger partial charge in [0.15, 0.2) is 0 Å². The molecule has 0 aliphatic heterocycles. The number of nitrogen functional groups attached to an aromatic ring is 1. The molecule has 2 rings (SSSR count). The van der Waals surface area contributed by atoms with Crippen molar-refractivity contribution in [1.82, 2.24) is 0 Å². The van der Waals surface area contributed by atoms with Crippen molar-refractivity contribution >= 4 is 22.7 Å². The van der Waals surface area contributed by atoms with E-state index in [2.05, 4.69) is 42.7 Å². The molecule has 0 radical (unpaired) electrons. The second-order valence-electron chi connectivity index (χ2n) is 5.13. The molecule has 0 saturated carbocycles. The van der Waals surface area contributed by atoms with Crippen molar-refractivity contribution in [3.05, 3.63) is 46.2 Å². The van der Waals surface area contributed by atoms with Crippen LogP contribution in [0.25, 0.3) is 0 Å². The van der Waals surface area contributed by atoms with Crippen LogP contribution < -0.4 is 11.1 Å². The summed E-state index contributed by atoms with van der Waals surface area (Å²) in [5, 5.41) is 14.5. The second-order valence-corrected chi connectivity index (χ2v) is 6.11. The number of rotatable bonds is 5. The SMILES string of the molecule is CC(C)C(Nc1ccc(N)c(CC#N)c1)c1cccs1. The average Bonchev–Trinajstić information content (AvgIpc) is 2.93. The van der Waals surface area contributed by atoms with E-state index in [-0.39, 0.29) is 6.04 Å². The van der Waals surface area contributed by atoms with E-state index in [1.807, 2.05) is 18.2 Å². The van der Waals surface area contributed by atoms with Gasteiger partial charge in [0.25, 0.3) is 0 Å². The van der Waals surface area contributed by atoms with E-state index in [0.717, 1.165) is 11.3 Å². The Balaban J connectivity index is 2.23. The lowest BCUT2D eigenvalue weighted by Gasteiger charge is -2.23. The molecule has 0 spiro atoms. The van der Waals surface area contributed by atoms with Crippen LogP contribution in [0.1, 0.15) is 30.3 Å². The van der Waals surface area contributed by atoms with Gasteiger partial charge in [0, 0.05) is 16.3 Å². The standard InChI is InChI=1S/C16H19N3S/c1-11(2)16(15-4-3-9-20-15)19-13-5-6-14(18)12(10-13)7-8-17/h3-6,9-11,16,19H,7,18H2,1-2H3. The van der Waals surface area contributed by atoms with Crippen molar-refractivity contribution < 1.29 is 0 Å². The molecular weight excluding hydrogens is 266 g/mol. The van der Waals surface area contributed by atoms with Crippen LogP contribution in [0.15, 0.2) is 35.7 Å². The molecule has 0 amide bonds. The zero-order valence-corrected chi connectivity index (χ0v) is 12.6. The van der Waals surface area contributed by atoms with Crippen molar-refractivity contribution in [3.8, 4) is 6.07 Å². The minimum Gasteiger partial charge on any atom is -0.398 e. The summed E-state index contributed by atoms with van der Waals surface area (Å²) in [7, 11) is 0. The highest BCUT2D eigenvalue weighted by molar-refractivity contribution is 7.10. The Morgan fingerprint density at radius 3 is 2.75 bits per heavy atom. The van der Waals surface area contributed by atoms with E-state index in [1.54, 1.807) is 11.3 Å². The summed E-state index contributed by atoms with van der Waals surface area (Å²) < 4.78 is 0. The first-order valence-corrected chi connectivity index (χ1v) is 7.55. The first-order chi connectivity index (χ1) is 9.61. The fourth-order valence-corrected chi connectivity index (χ4v) is 3.10. The predicted octanol–water partition coefficient (Wildman–Crippen LogP) is 4.21. The number of anilines is 2. The first kappa shape index (κ1) is 14.4. The molecule has 20 heavy (non-hydrogen) atoms. The summed E-state index contributed by atoms with van der Waals surface area (Å²) in [6.45, 7) is 4.40. The summed E-state index contributed by atoms with van der Waals surface area (Å²) >= 11 is 1.76. The molecule has 1 atom stereocenters. The van der Waals surface area contributed by atoms with Gasteiger partial charge in [0.05, 0.1) is 18.5 Å². The molecular formula is C16H19N3S. The summed E-state index contributed by atoms with van der Waals surface area (Å²) in [6.07, 6.45) is 0.340. The van der Waals surface area contributed by atoms with Gasteiger partial charge in [-0.25, -0.2) is 0 Å². The van der Waals surface area contributed by atoms with Gasteiger partial charge in [-0.15, -0.1) is 11.3 Å². The third-order valence-corrected chi connectivity index (χ3v) is 4.21. The fourth-order valence-electron chi connectivity index (χ4n) is 2.15. The average molecular weight is 285 g/mol. The Kier molecular flexibility index (Phi) is 4.65. The van der Waals surface area contributed by atoms with E-state index < -0.39 is 0 Å². The van der Waals surface area contributed by atoms with Crippen molar-refractivity contribution in [3.63, 3.8) is 0 Å². The van der Waals surface area contributed by atoms with E-state index in [4.69, 9.17) is 11.0 Å². The molecule has 104 valence electrons. The number of hydrogen-bond donors (Lipinski definition) is 2. The van der Waals surface area contributed by atoms with Gasteiger partial charge in [0.2, 0.25) is 0 Å². The van der Waals surface area contributed by atoms with E-state index in [0.29, 0.717) is 18.0 Å². The van der Waals surface area contributed by atoms with Crippen LogP contribution in [0.5, 0.6) is 0 Å². The van der Waals surface area contributed by atoms with Crippen LogP contribution in [0.4, 0.5) is 11.4 Å². The molecule has 1 aromatic heterocycles. The van der Waals surface area contributed by atoms with Crippen LogP contribution >= 0.6 is 11.3 Å². The van der Waals surface area contributed by atoms with Crippen molar-refractivity contribution in [1.29, 1.82) is 5.26 Å². The Labute approximate surface area is 124 Å². The molecule has 4 heteroatoms. The summed E-state index contributed by atoms with van der Waals surface area (Å²) in [5.41, 5.74) is 8.45. The Hall–Kier alpha value is -1.99. The maximum absolute atomic E-state index is 8.83. The molecule has 3 N–H and O–H groups in total. The number of nitrogens with one attached hydrogen (secondary N) is 1. The van der Waals surface area contributed by atoms with Gasteiger partial charge < -0.3 is 11.1 Å². The minimum atomic E-state index is 0.272. The molecule has 3 nitrogen and oxygen atoms in total. The van der Waals surface area contributed by atoms with E-state index in [9.17, 15) is 0 Å². The monoisotopic (exact) mass is 285 g/mol. The van der Waals surface area contributed by atoms with Crippen LogP contribution in [-0.2, 0) is 6.42 Å². The highest BCUT2D eigenvalue weighted by Crippen LogP contribution is 2.30. The molecule has 0 saturated heterocycles. The minimum absolute atomic E-state index is 0.272. The lowest BCUT2D eigenvalue weighted by Crippen LogP contribution is -2.15. The zero-order valence-electron chi connectivity index (χ0n) is 11.8. The Bertz CT molecular complexity index is 597. The van der Waals surface area contributed by atoms with Crippen molar-refractivity contribution in [2.45, 2.75) is 26.3 Å². The zero-order chi connectivity index (χ0) is 14.5. The molecule has 1 aromatic carbocycles. The highest BCUT2D eigenvalue weighted by Gasteiger charge is 2.16. The number of thiophene rings is 1. The molecule has 2 aromatic rings. The third kappa shape index (κ3) is 3.31. The molecule has 0 aliphatic rings. The largest absolute Gasteiger partial charge is 0.398 e. The quantitative estimate of drug-likeness (QED) is 0.809. The van der Waals surface area contributed by atoms with Gasteiger partial charge in [-0.05, 0) is 41.1 Å². The maximum Gasteiger partial charge on any atom is 0.0670 e. The lowest BCUT2D eigenvalue weighted by molar-refractivity contribution is 0.554. The van der Waals surface area contributed by atoms with Crippen LogP contribution in [0.3, 0.4) is 0 Å². The topological polar surface area (TPSA) is 61.8 Å². The molecule has 0 bridgehead atoms. The number of nitriles is 1. The number of nitrogens with two attached hydrogens (primary N) is 1. The normalized spacial score (nSPS) is 12.1. The van der Waals surface area contributed by atoms with Gasteiger partial charge in [0.1, 0.15) is 0 Å². The Morgan fingerprint density at radius 1 is 1.35 bits per heavy atom. The van der Waals surface area contributed by atoms with Gasteiger partial charge in [-0.2, -0.15) is 5.26 Å². The fraction of sp³-hybridized carbons (Fsp3) is 0.312. The molecule has 0 aliphatic carbocycles. The summed E-state index contributed by atoms with van der Waals surface area (Å²) in [4.78, 5) is 1.32. The van der Waals surface area contributed by atoms with Crippen LogP contribution in [0, 0.1) is 17.2 Å². The van der Waals surface area contributed by atoms with Gasteiger partial charge in [-0.1, -0.05) is 19.9 Å². The highest BCUT2D eigenvalue weighted by atomic mass is 32.1. The Morgan fingerprint density at radius 2 is 2.15 bits per heavy atom.